The van der Waals surface area contributed by atoms with Gasteiger partial charge in [-0.05, 0) is 54.9 Å². The van der Waals surface area contributed by atoms with Gasteiger partial charge in [0.05, 0.1) is 11.4 Å². The van der Waals surface area contributed by atoms with E-state index in [1.54, 1.807) is 0 Å². The van der Waals surface area contributed by atoms with E-state index in [1.807, 2.05) is 60.7 Å². The molecule has 2 aromatic carbocycles. The molecule has 3 rings (SSSR count). The Labute approximate surface area is 157 Å². The average Bonchev–Trinajstić information content (AvgIpc) is 2.63. The van der Waals surface area contributed by atoms with Gasteiger partial charge in [-0.3, -0.25) is 4.57 Å². The molecule has 4 atom stereocenters. The molecule has 26 heavy (non-hydrogen) atoms. The standard InChI is InChI=1S/C22H30NO2P/c1-17(2)21-15-14-18(3)16-22(21)25-26(24,20-12-8-5-9-13-20)23-19-10-6-4-7-11-19/h4-13,17-18,21-22H,14-16H2,1-3H3,(H,23,24)/t18-,21-,22-,26-/m1/s1. The van der Waals surface area contributed by atoms with Crippen LogP contribution in [0.3, 0.4) is 0 Å². The van der Waals surface area contributed by atoms with E-state index in [9.17, 15) is 4.57 Å². The Hall–Kier alpha value is -1.57. The maximum atomic E-state index is 14.0. The Kier molecular flexibility index (Phi) is 6.21. The van der Waals surface area contributed by atoms with E-state index in [4.69, 9.17) is 4.52 Å². The summed E-state index contributed by atoms with van der Waals surface area (Å²) >= 11 is 0. The quantitative estimate of drug-likeness (QED) is 0.624. The maximum Gasteiger partial charge on any atom is 0.324 e. The summed E-state index contributed by atoms with van der Waals surface area (Å²) in [6, 6.07) is 19.3. The highest BCUT2D eigenvalue weighted by Crippen LogP contribution is 2.50. The first-order valence-electron chi connectivity index (χ1n) is 9.65. The van der Waals surface area contributed by atoms with Crippen LogP contribution < -0.4 is 10.4 Å². The Morgan fingerprint density at radius 2 is 1.62 bits per heavy atom. The summed E-state index contributed by atoms with van der Waals surface area (Å²) in [6.45, 7) is 6.76. The van der Waals surface area contributed by atoms with Crippen molar-refractivity contribution in [3.63, 3.8) is 0 Å². The van der Waals surface area contributed by atoms with Gasteiger partial charge in [-0.25, -0.2) is 0 Å². The van der Waals surface area contributed by atoms with Crippen LogP contribution in [0, 0.1) is 17.8 Å². The normalized spacial score (nSPS) is 25.6. The molecule has 1 N–H and O–H groups in total. The molecule has 0 aliphatic heterocycles. The fourth-order valence-corrected chi connectivity index (χ4v) is 5.87. The van der Waals surface area contributed by atoms with Gasteiger partial charge >= 0.3 is 7.52 Å². The fraction of sp³-hybridized carbons (Fsp3) is 0.455. The number of nitrogens with one attached hydrogen (secondary N) is 1. The Morgan fingerprint density at radius 1 is 1.00 bits per heavy atom. The molecule has 1 aliphatic carbocycles. The molecule has 3 nitrogen and oxygen atoms in total. The number of hydrogen-bond donors (Lipinski definition) is 1. The van der Waals surface area contributed by atoms with Crippen LogP contribution in [-0.4, -0.2) is 6.10 Å². The number of anilines is 1. The van der Waals surface area contributed by atoms with Crippen molar-refractivity contribution in [2.75, 3.05) is 5.09 Å². The van der Waals surface area contributed by atoms with Crippen molar-refractivity contribution in [2.45, 2.75) is 46.1 Å². The molecule has 0 radical (unpaired) electrons. The van der Waals surface area contributed by atoms with Gasteiger partial charge < -0.3 is 9.61 Å². The van der Waals surface area contributed by atoms with Crippen LogP contribution in [-0.2, 0) is 9.09 Å². The zero-order chi connectivity index (χ0) is 18.6. The molecule has 0 amide bonds. The molecule has 4 heteroatoms. The lowest BCUT2D eigenvalue weighted by atomic mass is 9.75. The molecule has 2 aromatic rings. The van der Waals surface area contributed by atoms with Crippen LogP contribution in [0.4, 0.5) is 5.69 Å². The highest BCUT2D eigenvalue weighted by Gasteiger charge is 2.38. The van der Waals surface area contributed by atoms with E-state index < -0.39 is 7.52 Å². The number of para-hydroxylation sites is 1. The van der Waals surface area contributed by atoms with Crippen LogP contribution in [0.5, 0.6) is 0 Å². The van der Waals surface area contributed by atoms with Crippen LogP contribution in [0.2, 0.25) is 0 Å². The molecule has 0 unspecified atom stereocenters. The summed E-state index contributed by atoms with van der Waals surface area (Å²) in [6.07, 6.45) is 3.35. The molecule has 140 valence electrons. The van der Waals surface area contributed by atoms with Gasteiger partial charge in [-0.2, -0.15) is 0 Å². The summed E-state index contributed by atoms with van der Waals surface area (Å²) in [4.78, 5) is 0. The highest BCUT2D eigenvalue weighted by molar-refractivity contribution is 7.68. The van der Waals surface area contributed by atoms with Gasteiger partial charge in [-0.1, -0.05) is 63.6 Å². The van der Waals surface area contributed by atoms with Crippen molar-refractivity contribution in [3.8, 4) is 0 Å². The van der Waals surface area contributed by atoms with Crippen molar-refractivity contribution in [2.24, 2.45) is 17.8 Å². The molecule has 0 aromatic heterocycles. The predicted molar refractivity (Wildman–Crippen MR) is 110 cm³/mol. The van der Waals surface area contributed by atoms with Crippen molar-refractivity contribution < 1.29 is 9.09 Å². The smallest absolute Gasteiger partial charge is 0.312 e. The minimum absolute atomic E-state index is 0.0148. The van der Waals surface area contributed by atoms with Crippen molar-refractivity contribution in [3.05, 3.63) is 60.7 Å². The third kappa shape index (κ3) is 4.58. The second-order valence-corrected chi connectivity index (χ2v) is 9.89. The van der Waals surface area contributed by atoms with Crippen molar-refractivity contribution in [1.82, 2.24) is 0 Å². The lowest BCUT2D eigenvalue weighted by Gasteiger charge is -2.39. The predicted octanol–water partition coefficient (Wildman–Crippen LogP) is 6.09. The van der Waals surface area contributed by atoms with Gasteiger partial charge in [0.15, 0.2) is 0 Å². The Balaban J connectivity index is 1.91. The number of hydrogen-bond acceptors (Lipinski definition) is 2. The van der Waals surface area contributed by atoms with Gasteiger partial charge in [-0.15, -0.1) is 0 Å². The topological polar surface area (TPSA) is 38.3 Å². The molecule has 1 saturated carbocycles. The van der Waals surface area contributed by atoms with Crippen LogP contribution in [0.25, 0.3) is 0 Å². The minimum Gasteiger partial charge on any atom is -0.312 e. The lowest BCUT2D eigenvalue weighted by molar-refractivity contribution is 0.0506. The largest absolute Gasteiger partial charge is 0.324 e. The second-order valence-electron chi connectivity index (χ2n) is 7.83. The zero-order valence-electron chi connectivity index (χ0n) is 16.0. The molecular weight excluding hydrogens is 341 g/mol. The molecule has 0 spiro atoms. The maximum absolute atomic E-state index is 14.0. The van der Waals surface area contributed by atoms with Gasteiger partial charge in [0.25, 0.3) is 0 Å². The van der Waals surface area contributed by atoms with E-state index in [0.29, 0.717) is 17.8 Å². The van der Waals surface area contributed by atoms with Gasteiger partial charge in [0.1, 0.15) is 0 Å². The summed E-state index contributed by atoms with van der Waals surface area (Å²) in [5, 5.41) is 3.95. The third-order valence-electron chi connectivity index (χ3n) is 5.39. The first kappa shape index (κ1) is 19.2. The minimum atomic E-state index is -3.22. The second kappa shape index (κ2) is 8.41. The molecule has 1 fully saturated rings. The molecule has 1 aliphatic rings. The first-order chi connectivity index (χ1) is 12.5. The summed E-state index contributed by atoms with van der Waals surface area (Å²) < 4.78 is 20.5. The average molecular weight is 371 g/mol. The lowest BCUT2D eigenvalue weighted by Crippen LogP contribution is -2.35. The Bertz CT molecular complexity index is 732. The molecule has 0 saturated heterocycles. The molecule has 0 heterocycles. The summed E-state index contributed by atoms with van der Waals surface area (Å²) in [5.74, 6) is 1.57. The van der Waals surface area contributed by atoms with Crippen LogP contribution >= 0.6 is 7.52 Å². The number of rotatable bonds is 6. The number of benzene rings is 2. The van der Waals surface area contributed by atoms with E-state index in [-0.39, 0.29) is 6.10 Å². The van der Waals surface area contributed by atoms with Crippen LogP contribution in [0.15, 0.2) is 60.7 Å². The third-order valence-corrected chi connectivity index (χ3v) is 7.49. The summed E-state index contributed by atoms with van der Waals surface area (Å²) in [5.41, 5.74) is 0.824. The first-order valence-corrected chi connectivity index (χ1v) is 11.3. The fourth-order valence-electron chi connectivity index (χ4n) is 3.89. The monoisotopic (exact) mass is 371 g/mol. The van der Waals surface area contributed by atoms with Crippen LogP contribution in [0.1, 0.15) is 40.0 Å². The molecular formula is C22H30NO2P. The van der Waals surface area contributed by atoms with E-state index >= 15 is 0 Å². The van der Waals surface area contributed by atoms with E-state index in [2.05, 4.69) is 25.9 Å². The zero-order valence-corrected chi connectivity index (χ0v) is 16.9. The van der Waals surface area contributed by atoms with Crippen molar-refractivity contribution >= 4 is 18.5 Å². The van der Waals surface area contributed by atoms with Gasteiger partial charge in [0.2, 0.25) is 0 Å². The van der Waals surface area contributed by atoms with E-state index in [1.165, 1.54) is 6.42 Å². The van der Waals surface area contributed by atoms with Gasteiger partial charge in [0, 0.05) is 5.69 Å². The van der Waals surface area contributed by atoms with Crippen molar-refractivity contribution in [1.29, 1.82) is 0 Å². The Morgan fingerprint density at radius 3 is 2.23 bits per heavy atom. The van der Waals surface area contributed by atoms with E-state index in [0.717, 1.165) is 23.8 Å². The summed E-state index contributed by atoms with van der Waals surface area (Å²) in [7, 11) is -3.22. The SMILES string of the molecule is CC(C)[C@H]1CC[C@@H](C)C[C@H]1O[P@@](=O)(Nc1ccccc1)c1ccccc1. The highest BCUT2D eigenvalue weighted by atomic mass is 31.2. The molecule has 0 bridgehead atoms.